The monoisotopic (exact) mass is 377 g/mol. The van der Waals surface area contributed by atoms with Gasteiger partial charge < -0.3 is 15.0 Å². The zero-order valence-electron chi connectivity index (χ0n) is 16.2. The molecule has 3 aromatic rings. The molecule has 6 nitrogen and oxygen atoms in total. The van der Waals surface area contributed by atoms with Gasteiger partial charge in [-0.2, -0.15) is 0 Å². The number of carbonyl (C=O) groups is 1. The third-order valence-electron chi connectivity index (χ3n) is 4.37. The lowest BCUT2D eigenvalue weighted by atomic mass is 10.1. The lowest BCUT2D eigenvalue weighted by molar-refractivity contribution is -0.116. The van der Waals surface area contributed by atoms with E-state index < -0.39 is 0 Å². The van der Waals surface area contributed by atoms with E-state index in [0.717, 1.165) is 16.9 Å². The quantitative estimate of drug-likeness (QED) is 0.685. The summed E-state index contributed by atoms with van der Waals surface area (Å²) < 4.78 is 5.66. The third kappa shape index (κ3) is 5.07. The second-order valence-electron chi connectivity index (χ2n) is 6.71. The lowest BCUT2D eigenvalue weighted by Crippen LogP contribution is -2.15. The molecule has 0 aliphatic rings. The molecule has 6 heteroatoms. The first-order chi connectivity index (χ1) is 13.4. The second-order valence-corrected chi connectivity index (χ2v) is 6.71. The van der Waals surface area contributed by atoms with Gasteiger partial charge in [0.1, 0.15) is 11.6 Å². The van der Waals surface area contributed by atoms with Crippen LogP contribution in [0, 0.1) is 20.8 Å². The molecular formula is C22H23N3O3. The van der Waals surface area contributed by atoms with Crippen molar-refractivity contribution < 1.29 is 9.53 Å². The summed E-state index contributed by atoms with van der Waals surface area (Å²) in [6, 6.07) is 14.5. The van der Waals surface area contributed by atoms with E-state index >= 15 is 0 Å². The summed E-state index contributed by atoms with van der Waals surface area (Å²) in [7, 11) is 0. The van der Waals surface area contributed by atoms with E-state index in [2.05, 4.69) is 15.3 Å². The van der Waals surface area contributed by atoms with Crippen molar-refractivity contribution in [3.05, 3.63) is 75.7 Å². The molecule has 144 valence electrons. The van der Waals surface area contributed by atoms with Gasteiger partial charge in [0, 0.05) is 23.0 Å². The van der Waals surface area contributed by atoms with Crippen LogP contribution in [0.2, 0.25) is 0 Å². The van der Waals surface area contributed by atoms with Crippen LogP contribution >= 0.6 is 0 Å². The fourth-order valence-electron chi connectivity index (χ4n) is 2.75. The summed E-state index contributed by atoms with van der Waals surface area (Å²) in [6.45, 7) is 6.13. The van der Waals surface area contributed by atoms with E-state index in [4.69, 9.17) is 4.74 Å². The number of nitrogens with one attached hydrogen (secondary N) is 2. The average molecular weight is 377 g/mol. The number of carbonyl (C=O) groups excluding carboxylic acids is 1. The van der Waals surface area contributed by atoms with Gasteiger partial charge in [0.15, 0.2) is 0 Å². The zero-order valence-corrected chi connectivity index (χ0v) is 16.2. The Morgan fingerprint density at radius 2 is 1.89 bits per heavy atom. The molecule has 0 aliphatic heterocycles. The molecule has 0 radical (unpaired) electrons. The van der Waals surface area contributed by atoms with Crippen LogP contribution in [0.1, 0.15) is 23.2 Å². The first-order valence-electron chi connectivity index (χ1n) is 9.09. The topological polar surface area (TPSA) is 84.1 Å². The molecule has 0 fully saturated rings. The van der Waals surface area contributed by atoms with Gasteiger partial charge in [-0.15, -0.1) is 0 Å². The van der Waals surface area contributed by atoms with E-state index in [1.54, 1.807) is 25.1 Å². The summed E-state index contributed by atoms with van der Waals surface area (Å²) in [4.78, 5) is 30.9. The van der Waals surface area contributed by atoms with Crippen molar-refractivity contribution in [2.75, 3.05) is 11.9 Å². The number of benzene rings is 2. The second kappa shape index (κ2) is 8.52. The van der Waals surface area contributed by atoms with Gasteiger partial charge in [-0.3, -0.25) is 9.59 Å². The molecule has 2 N–H and O–H groups in total. The molecule has 0 unspecified atom stereocenters. The maximum Gasteiger partial charge on any atom is 0.251 e. The van der Waals surface area contributed by atoms with Crippen molar-refractivity contribution in [2.24, 2.45) is 0 Å². The normalized spacial score (nSPS) is 10.5. The number of ether oxygens (including phenoxy) is 1. The van der Waals surface area contributed by atoms with Crippen molar-refractivity contribution in [1.29, 1.82) is 0 Å². The van der Waals surface area contributed by atoms with Crippen LogP contribution in [0.15, 0.2) is 53.3 Å². The number of nitrogens with zero attached hydrogens (tertiary/aromatic N) is 1. The van der Waals surface area contributed by atoms with Crippen LogP contribution in [0.4, 0.5) is 5.69 Å². The predicted octanol–water partition coefficient (Wildman–Crippen LogP) is 3.77. The number of H-pyrrole nitrogens is 1. The van der Waals surface area contributed by atoms with Gasteiger partial charge >= 0.3 is 0 Å². The number of aryl methyl sites for hydroxylation is 3. The van der Waals surface area contributed by atoms with Crippen LogP contribution in [-0.2, 0) is 4.79 Å². The molecule has 0 bridgehead atoms. The Morgan fingerprint density at radius 3 is 2.64 bits per heavy atom. The summed E-state index contributed by atoms with van der Waals surface area (Å²) in [6.07, 6.45) is 0.233. The van der Waals surface area contributed by atoms with Gasteiger partial charge in [0.2, 0.25) is 5.91 Å². The van der Waals surface area contributed by atoms with Gasteiger partial charge in [-0.25, -0.2) is 4.98 Å². The SMILES string of the molecule is Cc1cc(=O)[nH]c(-c2cccc(NC(=O)CCOc3ccc(C)c(C)c3)c2)n1. The van der Waals surface area contributed by atoms with E-state index in [9.17, 15) is 9.59 Å². The Kier molecular flexibility index (Phi) is 5.89. The number of amides is 1. The van der Waals surface area contributed by atoms with Crippen LogP contribution in [0.5, 0.6) is 5.75 Å². The smallest absolute Gasteiger partial charge is 0.251 e. The lowest BCUT2D eigenvalue weighted by Gasteiger charge is -2.10. The minimum atomic E-state index is -0.208. The highest BCUT2D eigenvalue weighted by molar-refractivity contribution is 5.91. The molecule has 0 aliphatic carbocycles. The van der Waals surface area contributed by atoms with Crippen LogP contribution in [0.25, 0.3) is 11.4 Å². The summed E-state index contributed by atoms with van der Waals surface area (Å²) in [5.41, 5.74) is 4.15. The standard InChI is InChI=1S/C22H23N3O3/c1-14-7-8-19(11-15(14)2)28-10-9-20(26)24-18-6-4-5-17(13-18)22-23-16(3)12-21(27)25-22/h4-8,11-13H,9-10H2,1-3H3,(H,24,26)(H,23,25,27). The first kappa shape index (κ1) is 19.4. The van der Waals surface area contributed by atoms with Crippen LogP contribution in [-0.4, -0.2) is 22.5 Å². The molecule has 0 atom stereocenters. The molecule has 2 aromatic carbocycles. The molecule has 28 heavy (non-hydrogen) atoms. The molecular weight excluding hydrogens is 354 g/mol. The third-order valence-corrected chi connectivity index (χ3v) is 4.37. The Labute approximate surface area is 163 Å². The number of anilines is 1. The maximum absolute atomic E-state index is 12.2. The Hall–Kier alpha value is -3.41. The predicted molar refractivity (Wildman–Crippen MR) is 110 cm³/mol. The number of rotatable bonds is 6. The highest BCUT2D eigenvalue weighted by Crippen LogP contribution is 2.19. The van der Waals surface area contributed by atoms with E-state index in [-0.39, 0.29) is 17.9 Å². The zero-order chi connectivity index (χ0) is 20.1. The summed E-state index contributed by atoms with van der Waals surface area (Å²) in [5, 5.41) is 2.85. The number of hydrogen-bond donors (Lipinski definition) is 2. The van der Waals surface area contributed by atoms with Crippen molar-refractivity contribution >= 4 is 11.6 Å². The molecule has 1 amide bonds. The Bertz CT molecular complexity index is 1060. The highest BCUT2D eigenvalue weighted by atomic mass is 16.5. The van der Waals surface area contributed by atoms with Gasteiger partial charge in [0.25, 0.3) is 5.56 Å². The maximum atomic E-state index is 12.2. The highest BCUT2D eigenvalue weighted by Gasteiger charge is 2.07. The molecule has 0 spiro atoms. The summed E-state index contributed by atoms with van der Waals surface area (Å²) >= 11 is 0. The Balaban J connectivity index is 1.59. The molecule has 3 rings (SSSR count). The number of hydrogen-bond acceptors (Lipinski definition) is 4. The molecule has 0 saturated heterocycles. The molecule has 0 saturated carbocycles. The summed E-state index contributed by atoms with van der Waals surface area (Å²) in [5.74, 6) is 1.08. The minimum absolute atomic E-state index is 0.147. The largest absolute Gasteiger partial charge is 0.493 e. The van der Waals surface area contributed by atoms with Crippen LogP contribution < -0.4 is 15.6 Å². The average Bonchev–Trinajstić information content (AvgIpc) is 2.64. The minimum Gasteiger partial charge on any atom is -0.493 e. The fourth-order valence-corrected chi connectivity index (χ4v) is 2.75. The van der Waals surface area contributed by atoms with E-state index in [1.165, 1.54) is 11.6 Å². The van der Waals surface area contributed by atoms with Crippen molar-refractivity contribution in [1.82, 2.24) is 9.97 Å². The first-order valence-corrected chi connectivity index (χ1v) is 9.09. The van der Waals surface area contributed by atoms with Crippen molar-refractivity contribution in [3.63, 3.8) is 0 Å². The van der Waals surface area contributed by atoms with Gasteiger partial charge in [-0.05, 0) is 56.2 Å². The number of aromatic nitrogens is 2. The number of aromatic amines is 1. The Morgan fingerprint density at radius 1 is 1.07 bits per heavy atom. The van der Waals surface area contributed by atoms with Gasteiger partial charge in [0.05, 0.1) is 13.0 Å². The molecule has 1 heterocycles. The molecule has 1 aromatic heterocycles. The van der Waals surface area contributed by atoms with E-state index in [0.29, 0.717) is 23.8 Å². The van der Waals surface area contributed by atoms with Crippen LogP contribution in [0.3, 0.4) is 0 Å². The fraction of sp³-hybridized carbons (Fsp3) is 0.227. The van der Waals surface area contributed by atoms with Gasteiger partial charge in [-0.1, -0.05) is 18.2 Å². The van der Waals surface area contributed by atoms with Crippen molar-refractivity contribution in [3.8, 4) is 17.1 Å². The van der Waals surface area contributed by atoms with E-state index in [1.807, 2.05) is 38.1 Å². The van der Waals surface area contributed by atoms with Crippen molar-refractivity contribution in [2.45, 2.75) is 27.2 Å².